The Morgan fingerprint density at radius 1 is 0.805 bits per heavy atom. The molecule has 0 fully saturated rings. The van der Waals surface area contributed by atoms with Gasteiger partial charge < -0.3 is 20.1 Å². The van der Waals surface area contributed by atoms with Gasteiger partial charge in [0.2, 0.25) is 5.91 Å². The summed E-state index contributed by atoms with van der Waals surface area (Å²) in [4.78, 5) is 51.8. The quantitative estimate of drug-likeness (QED) is 0.376. The van der Waals surface area contributed by atoms with Crippen LogP contribution in [0.15, 0.2) is 90.0 Å². The molecule has 8 nitrogen and oxygen atoms in total. The third-order valence-corrected chi connectivity index (χ3v) is 6.54. The number of allylic oxidation sites excluding steroid dienone is 1. The zero-order chi connectivity index (χ0) is 29.6. The molecule has 8 heteroatoms. The Morgan fingerprint density at radius 2 is 1.41 bits per heavy atom. The van der Waals surface area contributed by atoms with Crippen molar-refractivity contribution in [1.29, 1.82) is 0 Å². The molecule has 0 aromatic heterocycles. The summed E-state index contributed by atoms with van der Waals surface area (Å²) in [6.07, 6.45) is -0.577. The highest BCUT2D eigenvalue weighted by Gasteiger charge is 2.31. The first-order valence-corrected chi connectivity index (χ1v) is 13.4. The van der Waals surface area contributed by atoms with E-state index < -0.39 is 23.6 Å². The summed E-state index contributed by atoms with van der Waals surface area (Å²) in [5, 5.41) is 5.38. The van der Waals surface area contributed by atoms with Gasteiger partial charge in [0, 0.05) is 35.2 Å². The molecule has 1 aliphatic rings. The lowest BCUT2D eigenvalue weighted by Crippen LogP contribution is -2.50. The minimum Gasteiger partial charge on any atom is -0.489 e. The van der Waals surface area contributed by atoms with Crippen LogP contribution in [0.2, 0.25) is 0 Å². The van der Waals surface area contributed by atoms with Crippen molar-refractivity contribution in [2.75, 3.05) is 6.54 Å². The summed E-state index contributed by atoms with van der Waals surface area (Å²) in [5.41, 5.74) is 2.24. The Hall–Kier alpha value is -4.72. The number of ketones is 2. The third-order valence-electron chi connectivity index (χ3n) is 6.54. The van der Waals surface area contributed by atoms with Crippen molar-refractivity contribution < 1.29 is 28.7 Å². The zero-order valence-corrected chi connectivity index (χ0v) is 23.7. The highest BCUT2D eigenvalue weighted by molar-refractivity contribution is 6.27. The summed E-state index contributed by atoms with van der Waals surface area (Å²) in [5.74, 6) is -0.398. The molecule has 0 bridgehead atoms. The fraction of sp³-hybridized carbons (Fsp3) is 0.273. The van der Waals surface area contributed by atoms with Gasteiger partial charge in [-0.3, -0.25) is 14.4 Å². The van der Waals surface area contributed by atoms with Gasteiger partial charge in [-0.2, -0.15) is 0 Å². The minimum absolute atomic E-state index is 0.150. The Balaban J connectivity index is 1.45. The molecule has 0 saturated heterocycles. The van der Waals surface area contributed by atoms with E-state index in [-0.39, 0.29) is 35.7 Å². The number of amides is 2. The molecular weight excluding hydrogens is 520 g/mol. The maximum absolute atomic E-state index is 13.3. The smallest absolute Gasteiger partial charge is 0.408 e. The number of fused-ring (bicyclic) bond motifs is 1. The van der Waals surface area contributed by atoms with Gasteiger partial charge in [-0.05, 0) is 51.0 Å². The van der Waals surface area contributed by atoms with E-state index in [0.717, 1.165) is 11.1 Å². The lowest BCUT2D eigenvalue weighted by molar-refractivity contribution is -0.123. The van der Waals surface area contributed by atoms with Crippen LogP contribution in [0.3, 0.4) is 0 Å². The van der Waals surface area contributed by atoms with E-state index in [2.05, 4.69) is 10.6 Å². The number of benzene rings is 3. The maximum Gasteiger partial charge on any atom is 0.408 e. The summed E-state index contributed by atoms with van der Waals surface area (Å²) in [7, 11) is 0. The summed E-state index contributed by atoms with van der Waals surface area (Å²) in [6, 6.07) is 22.7. The Labute approximate surface area is 239 Å². The topological polar surface area (TPSA) is 111 Å². The number of ether oxygens (including phenoxy) is 2. The van der Waals surface area contributed by atoms with Gasteiger partial charge in [0.15, 0.2) is 11.6 Å². The molecule has 0 aliphatic heterocycles. The molecule has 0 unspecified atom stereocenters. The number of alkyl carbamates (subject to hydrolysis) is 1. The molecule has 0 heterocycles. The van der Waals surface area contributed by atoms with Gasteiger partial charge >= 0.3 is 6.09 Å². The van der Waals surface area contributed by atoms with Gasteiger partial charge in [-0.1, -0.05) is 66.7 Å². The third kappa shape index (κ3) is 7.69. The number of Topliss-reactive ketones (excluding diaryl/α,β-unsaturated/α-hetero) is 2. The zero-order valence-electron chi connectivity index (χ0n) is 23.7. The highest BCUT2D eigenvalue weighted by atomic mass is 16.6. The van der Waals surface area contributed by atoms with E-state index in [0.29, 0.717) is 23.5 Å². The van der Waals surface area contributed by atoms with Crippen LogP contribution in [0, 0.1) is 0 Å². The van der Waals surface area contributed by atoms with Crippen LogP contribution < -0.4 is 15.4 Å². The van der Waals surface area contributed by atoms with Crippen molar-refractivity contribution in [3.05, 3.63) is 112 Å². The van der Waals surface area contributed by atoms with Crippen molar-refractivity contribution in [2.45, 2.75) is 52.4 Å². The monoisotopic (exact) mass is 554 g/mol. The van der Waals surface area contributed by atoms with Crippen LogP contribution in [-0.2, 0) is 22.6 Å². The molecule has 3 aromatic carbocycles. The fourth-order valence-electron chi connectivity index (χ4n) is 4.42. The van der Waals surface area contributed by atoms with E-state index >= 15 is 0 Å². The molecule has 41 heavy (non-hydrogen) atoms. The van der Waals surface area contributed by atoms with Crippen LogP contribution >= 0.6 is 0 Å². The Kier molecular flexibility index (Phi) is 9.02. The van der Waals surface area contributed by atoms with Gasteiger partial charge in [-0.15, -0.1) is 0 Å². The first-order valence-electron chi connectivity index (χ1n) is 13.4. The lowest BCUT2D eigenvalue weighted by Gasteiger charge is -2.24. The molecule has 1 atom stereocenters. The van der Waals surface area contributed by atoms with Crippen LogP contribution in [-0.4, -0.2) is 41.8 Å². The average Bonchev–Trinajstić information content (AvgIpc) is 2.94. The molecule has 2 amide bonds. The highest BCUT2D eigenvalue weighted by Crippen LogP contribution is 2.25. The fourth-order valence-corrected chi connectivity index (χ4v) is 4.42. The van der Waals surface area contributed by atoms with Crippen LogP contribution in [0.4, 0.5) is 4.79 Å². The summed E-state index contributed by atoms with van der Waals surface area (Å²) in [6.45, 7) is 7.04. The minimum atomic E-state index is -0.997. The number of carbonyl (C=O) groups is 4. The van der Waals surface area contributed by atoms with Crippen molar-refractivity contribution in [3.8, 4) is 5.75 Å². The molecule has 212 valence electrons. The molecule has 3 aromatic rings. The number of hydrogen-bond donors (Lipinski definition) is 2. The van der Waals surface area contributed by atoms with Crippen molar-refractivity contribution in [1.82, 2.24) is 10.6 Å². The molecule has 4 rings (SSSR count). The van der Waals surface area contributed by atoms with E-state index in [4.69, 9.17) is 9.47 Å². The molecule has 0 spiro atoms. The van der Waals surface area contributed by atoms with Crippen LogP contribution in [0.25, 0.3) is 0 Å². The predicted molar refractivity (Wildman–Crippen MR) is 155 cm³/mol. The Morgan fingerprint density at radius 3 is 2.05 bits per heavy atom. The second-order valence-corrected chi connectivity index (χ2v) is 10.8. The van der Waals surface area contributed by atoms with Gasteiger partial charge in [-0.25, -0.2) is 4.79 Å². The van der Waals surface area contributed by atoms with Crippen molar-refractivity contribution in [2.24, 2.45) is 0 Å². The second-order valence-electron chi connectivity index (χ2n) is 10.8. The summed E-state index contributed by atoms with van der Waals surface area (Å²) >= 11 is 0. The van der Waals surface area contributed by atoms with Crippen LogP contribution in [0.1, 0.15) is 59.5 Å². The molecule has 1 aliphatic carbocycles. The number of carbonyl (C=O) groups excluding carboxylic acids is 4. The maximum atomic E-state index is 13.3. The van der Waals surface area contributed by atoms with Gasteiger partial charge in [0.25, 0.3) is 0 Å². The normalized spacial score (nSPS) is 13.8. The predicted octanol–water partition coefficient (Wildman–Crippen LogP) is 5.21. The number of rotatable bonds is 9. The van der Waals surface area contributed by atoms with Crippen LogP contribution in [0.5, 0.6) is 5.75 Å². The average molecular weight is 555 g/mol. The van der Waals surface area contributed by atoms with E-state index in [1.807, 2.05) is 42.5 Å². The summed E-state index contributed by atoms with van der Waals surface area (Å²) < 4.78 is 11.2. The SMILES string of the molecule is CC1=C(CNC(=O)[C@@H](Cc2ccc(OCc3ccccc3)cc2)NC(=O)OC(C)(C)C)C(=O)c2ccccc2C1=O. The van der Waals surface area contributed by atoms with Crippen molar-refractivity contribution >= 4 is 23.6 Å². The van der Waals surface area contributed by atoms with Gasteiger partial charge in [0.05, 0.1) is 0 Å². The standard InChI is InChI=1S/C33H34N2O6/c1-21-27(30(37)26-13-9-8-12-25(26)29(21)36)19-34-31(38)28(35-32(39)41-33(2,3)4)18-22-14-16-24(17-15-22)40-20-23-10-6-5-7-11-23/h5-17,28H,18-20H2,1-4H3,(H,34,38)(H,35,39)/t28-/m1/s1. The lowest BCUT2D eigenvalue weighted by atomic mass is 9.84. The second kappa shape index (κ2) is 12.6. The molecule has 2 N–H and O–H groups in total. The van der Waals surface area contributed by atoms with Gasteiger partial charge in [0.1, 0.15) is 24.0 Å². The molecular formula is C33H34N2O6. The Bertz CT molecular complexity index is 1470. The van der Waals surface area contributed by atoms with E-state index in [1.54, 1.807) is 64.1 Å². The van der Waals surface area contributed by atoms with Crippen molar-refractivity contribution in [3.63, 3.8) is 0 Å². The first-order chi connectivity index (χ1) is 19.5. The number of hydrogen-bond acceptors (Lipinski definition) is 6. The number of nitrogens with one attached hydrogen (secondary N) is 2. The first kappa shape index (κ1) is 29.3. The van der Waals surface area contributed by atoms with E-state index in [1.165, 1.54) is 0 Å². The molecule has 0 radical (unpaired) electrons. The molecule has 0 saturated carbocycles. The largest absolute Gasteiger partial charge is 0.489 e. The van der Waals surface area contributed by atoms with E-state index in [9.17, 15) is 19.2 Å².